The predicted octanol–water partition coefficient (Wildman–Crippen LogP) is 13.6. The van der Waals surface area contributed by atoms with Gasteiger partial charge in [-0.3, -0.25) is 0 Å². The summed E-state index contributed by atoms with van der Waals surface area (Å²) in [7, 11) is 0. The van der Waals surface area contributed by atoms with Crippen LogP contribution in [0.15, 0.2) is 116 Å². The van der Waals surface area contributed by atoms with E-state index in [0.29, 0.717) is 27.9 Å². The maximum atomic E-state index is 7.15. The summed E-state index contributed by atoms with van der Waals surface area (Å²) < 4.78 is 23.2. The SMILES string of the molecule is CC(C)(C)c1ccc(N2c3cc(C(C)(C)C)ccc3B3c4c(cc(C(C)(C)C)cc42)-c2cc4oc5ccccc5oc4c4oc5cc(C(C)(C)C)ccc5n3c24)cc1. The second-order valence-electron chi connectivity index (χ2n) is 20.7. The molecule has 292 valence electrons. The van der Waals surface area contributed by atoms with E-state index in [-0.39, 0.29) is 28.5 Å². The summed E-state index contributed by atoms with van der Waals surface area (Å²) in [4.78, 5) is 2.53. The Labute approximate surface area is 342 Å². The normalized spacial score (nSPS) is 14.1. The molecular weight excluding hydrogens is 711 g/mol. The van der Waals surface area contributed by atoms with Crippen molar-refractivity contribution in [2.45, 2.75) is 105 Å². The Morgan fingerprint density at radius 2 is 1.02 bits per heavy atom. The van der Waals surface area contributed by atoms with Crippen LogP contribution in [0.4, 0.5) is 17.1 Å². The Morgan fingerprint density at radius 3 is 1.67 bits per heavy atom. The topological polar surface area (TPSA) is 47.6 Å². The fraction of sp³-hybridized carbons (Fsp3) is 0.308. The van der Waals surface area contributed by atoms with Crippen molar-refractivity contribution < 1.29 is 13.3 Å². The second-order valence-corrected chi connectivity index (χ2v) is 20.7. The van der Waals surface area contributed by atoms with Gasteiger partial charge in [0.25, 0.3) is 0 Å². The molecule has 10 rings (SSSR count). The Hall–Kier alpha value is -5.62. The fourth-order valence-corrected chi connectivity index (χ4v) is 9.07. The van der Waals surface area contributed by atoms with Gasteiger partial charge in [-0.15, -0.1) is 0 Å². The molecule has 0 fully saturated rings. The van der Waals surface area contributed by atoms with Gasteiger partial charge in [0.15, 0.2) is 27.9 Å². The number of anilines is 3. The van der Waals surface area contributed by atoms with Crippen LogP contribution in [0.2, 0.25) is 0 Å². The molecule has 0 N–H and O–H groups in total. The number of hydrogen-bond acceptors (Lipinski definition) is 4. The molecule has 0 bridgehead atoms. The van der Waals surface area contributed by atoms with E-state index in [1.165, 1.54) is 50.1 Å². The first-order valence-electron chi connectivity index (χ1n) is 20.8. The third kappa shape index (κ3) is 5.51. The quantitative estimate of drug-likeness (QED) is 0.0949. The van der Waals surface area contributed by atoms with Crippen LogP contribution < -0.4 is 15.8 Å². The number of aromatic nitrogens is 1. The molecule has 58 heavy (non-hydrogen) atoms. The van der Waals surface area contributed by atoms with E-state index in [1.807, 2.05) is 24.3 Å². The van der Waals surface area contributed by atoms with Gasteiger partial charge in [-0.25, -0.2) is 0 Å². The molecule has 6 heteroatoms. The zero-order valence-electron chi connectivity index (χ0n) is 36.0. The molecule has 2 aromatic heterocycles. The molecule has 5 nitrogen and oxygen atoms in total. The highest BCUT2D eigenvalue weighted by molar-refractivity contribution is 6.89. The van der Waals surface area contributed by atoms with Crippen LogP contribution in [0, 0.1) is 0 Å². The summed E-state index contributed by atoms with van der Waals surface area (Å²) in [6.45, 7) is 27.3. The van der Waals surface area contributed by atoms with E-state index in [0.717, 1.165) is 27.9 Å². The Balaban J connectivity index is 1.41. The summed E-state index contributed by atoms with van der Waals surface area (Å²) in [5.74, 6) is 0. The van der Waals surface area contributed by atoms with Crippen molar-refractivity contribution in [3.05, 3.63) is 125 Å². The van der Waals surface area contributed by atoms with Gasteiger partial charge in [0.2, 0.25) is 5.58 Å². The van der Waals surface area contributed by atoms with Crippen molar-refractivity contribution in [2.24, 2.45) is 0 Å². The Kier molecular flexibility index (Phi) is 7.58. The number of para-hydroxylation sites is 2. The molecule has 0 amide bonds. The van der Waals surface area contributed by atoms with Crippen molar-refractivity contribution >= 4 is 79.4 Å². The van der Waals surface area contributed by atoms with E-state index in [2.05, 4.69) is 171 Å². The zero-order chi connectivity index (χ0) is 40.8. The summed E-state index contributed by atoms with van der Waals surface area (Å²) in [5, 5.41) is 0. The highest BCUT2D eigenvalue weighted by Gasteiger charge is 2.44. The monoisotopic (exact) mass is 764 g/mol. The molecule has 4 heterocycles. The van der Waals surface area contributed by atoms with Gasteiger partial charge in [-0.1, -0.05) is 132 Å². The van der Waals surface area contributed by atoms with Crippen molar-refractivity contribution in [3.8, 4) is 11.1 Å². The lowest BCUT2D eigenvalue weighted by Crippen LogP contribution is -2.57. The summed E-state index contributed by atoms with van der Waals surface area (Å²) in [6.07, 6.45) is 0. The zero-order valence-corrected chi connectivity index (χ0v) is 36.0. The molecule has 2 aliphatic rings. The molecule has 2 aliphatic heterocycles. The first-order chi connectivity index (χ1) is 27.3. The van der Waals surface area contributed by atoms with Gasteiger partial charge in [-0.2, -0.15) is 0 Å². The molecule has 0 atom stereocenters. The van der Waals surface area contributed by atoms with Gasteiger partial charge >= 0.3 is 6.85 Å². The third-order valence-electron chi connectivity index (χ3n) is 12.5. The summed E-state index contributed by atoms with van der Waals surface area (Å²) >= 11 is 0. The highest BCUT2D eigenvalue weighted by Crippen LogP contribution is 2.48. The molecule has 6 aromatic carbocycles. The van der Waals surface area contributed by atoms with Crippen molar-refractivity contribution in [1.82, 2.24) is 4.48 Å². The standard InChI is InChI=1S/C52H53BN2O3/c1-49(2,3)30-17-21-34(22-18-30)54-39-26-31(50(4,5)6)19-23-37(39)53-45-35(25-33(27-40(45)54)52(10,11)12)36-29-44-47(57-42-16-14-13-15-41(42)56-44)48-46(36)55(53)38-24-20-32(51(7,8)9)28-43(38)58-48/h13-29H,1-12H3. The van der Waals surface area contributed by atoms with Crippen LogP contribution in [0.3, 0.4) is 0 Å². The van der Waals surface area contributed by atoms with Crippen LogP contribution in [0.5, 0.6) is 0 Å². The van der Waals surface area contributed by atoms with E-state index in [4.69, 9.17) is 13.3 Å². The molecule has 8 aromatic rings. The van der Waals surface area contributed by atoms with Gasteiger partial charge in [0.1, 0.15) is 0 Å². The van der Waals surface area contributed by atoms with Crippen molar-refractivity contribution in [1.29, 1.82) is 0 Å². The molecule has 0 saturated carbocycles. The number of benzene rings is 6. The van der Waals surface area contributed by atoms with Gasteiger partial charge < -0.3 is 22.6 Å². The van der Waals surface area contributed by atoms with Gasteiger partial charge in [0.05, 0.1) is 11.0 Å². The van der Waals surface area contributed by atoms with Crippen LogP contribution in [-0.2, 0) is 21.7 Å². The fourth-order valence-electron chi connectivity index (χ4n) is 9.07. The van der Waals surface area contributed by atoms with E-state index < -0.39 is 0 Å². The van der Waals surface area contributed by atoms with Gasteiger partial charge in [-0.05, 0) is 115 Å². The highest BCUT2D eigenvalue weighted by atomic mass is 16.4. The molecule has 0 saturated heterocycles. The number of fused-ring (bicyclic) bond motifs is 9. The van der Waals surface area contributed by atoms with Crippen LogP contribution in [0.25, 0.3) is 55.7 Å². The Morgan fingerprint density at radius 1 is 0.448 bits per heavy atom. The third-order valence-corrected chi connectivity index (χ3v) is 12.5. The average Bonchev–Trinajstić information content (AvgIpc) is 3.16. The minimum Gasteiger partial charge on any atom is -0.449 e. The van der Waals surface area contributed by atoms with E-state index in [1.54, 1.807) is 0 Å². The van der Waals surface area contributed by atoms with Crippen LogP contribution >= 0.6 is 0 Å². The largest absolute Gasteiger partial charge is 0.449 e. The van der Waals surface area contributed by atoms with Crippen molar-refractivity contribution in [2.75, 3.05) is 4.90 Å². The first-order valence-corrected chi connectivity index (χ1v) is 20.8. The van der Waals surface area contributed by atoms with E-state index in [9.17, 15) is 0 Å². The van der Waals surface area contributed by atoms with Crippen LogP contribution in [0.1, 0.15) is 105 Å². The molecule has 0 unspecified atom stereocenters. The molecule has 0 aliphatic carbocycles. The van der Waals surface area contributed by atoms with Crippen molar-refractivity contribution in [3.63, 3.8) is 0 Å². The lowest BCUT2D eigenvalue weighted by molar-refractivity contribution is 0.569. The van der Waals surface area contributed by atoms with Crippen LogP contribution in [-0.4, -0.2) is 11.3 Å². The number of hydrogen-bond donors (Lipinski definition) is 0. The van der Waals surface area contributed by atoms with E-state index >= 15 is 0 Å². The molecule has 0 radical (unpaired) electrons. The Bertz CT molecular complexity index is 3050. The first kappa shape index (κ1) is 36.7. The number of rotatable bonds is 1. The minimum absolute atomic E-state index is 0.0393. The molecular formula is C52H53BN2O3. The number of nitrogens with zero attached hydrogens (tertiary/aromatic N) is 2. The second kappa shape index (κ2) is 12.0. The maximum Gasteiger partial charge on any atom is 0.333 e. The summed E-state index contributed by atoms with van der Waals surface area (Å²) in [5.41, 5.74) is 19.3. The van der Waals surface area contributed by atoms with Gasteiger partial charge in [0, 0.05) is 22.6 Å². The minimum atomic E-state index is -0.155. The lowest BCUT2D eigenvalue weighted by Gasteiger charge is -2.43. The predicted molar refractivity (Wildman–Crippen MR) is 244 cm³/mol. The average molecular weight is 765 g/mol. The lowest BCUT2D eigenvalue weighted by atomic mass is 9.44. The summed E-state index contributed by atoms with van der Waals surface area (Å²) in [6, 6.07) is 38.2. The molecule has 0 spiro atoms. The smallest absolute Gasteiger partial charge is 0.333 e. The maximum absolute atomic E-state index is 7.15.